The van der Waals surface area contributed by atoms with Crippen LogP contribution in [0.3, 0.4) is 0 Å². The third kappa shape index (κ3) is 3.48. The normalized spacial score (nSPS) is 18.4. The van der Waals surface area contributed by atoms with Crippen molar-refractivity contribution in [1.29, 1.82) is 0 Å². The summed E-state index contributed by atoms with van der Waals surface area (Å²) in [6, 6.07) is 0. The second-order valence-corrected chi connectivity index (χ2v) is 4.37. The van der Waals surface area contributed by atoms with E-state index in [1.165, 1.54) is 24.7 Å². The van der Waals surface area contributed by atoms with Crippen LogP contribution in [0.1, 0.15) is 19.8 Å². The lowest BCUT2D eigenvalue weighted by Crippen LogP contribution is -2.39. The van der Waals surface area contributed by atoms with Gasteiger partial charge in [-0.3, -0.25) is 9.59 Å². The zero-order valence-corrected chi connectivity index (χ0v) is 9.98. The quantitative estimate of drug-likeness (QED) is 0.686. The molecule has 1 fully saturated rings. The Morgan fingerprint density at radius 1 is 1.38 bits per heavy atom. The number of amides is 1. The largest absolute Gasteiger partial charge is 0.481 e. The zero-order chi connectivity index (χ0) is 12.1. The Morgan fingerprint density at radius 3 is 2.44 bits per heavy atom. The van der Waals surface area contributed by atoms with Gasteiger partial charge in [0.1, 0.15) is 5.92 Å². The molecule has 16 heavy (non-hydrogen) atoms. The molecule has 1 N–H and O–H groups in total. The predicted octanol–water partition coefficient (Wildman–Crippen LogP) is 0.261. The summed E-state index contributed by atoms with van der Waals surface area (Å²) in [5.74, 6) is -2.31. The van der Waals surface area contributed by atoms with Crippen LogP contribution in [-0.4, -0.2) is 60.0 Å². The molecule has 0 bridgehead atoms. The molecule has 0 radical (unpaired) electrons. The fraction of sp³-hybridized carbons (Fsp3) is 0.818. The number of nitrogens with zero attached hydrogens (tertiary/aromatic N) is 2. The fourth-order valence-corrected chi connectivity index (χ4v) is 1.84. The second-order valence-electron chi connectivity index (χ2n) is 4.37. The van der Waals surface area contributed by atoms with Crippen molar-refractivity contribution in [3.05, 3.63) is 0 Å². The van der Waals surface area contributed by atoms with Gasteiger partial charge in [0.2, 0.25) is 5.91 Å². The summed E-state index contributed by atoms with van der Waals surface area (Å²) in [5, 5.41) is 8.72. The molecule has 5 nitrogen and oxygen atoms in total. The van der Waals surface area contributed by atoms with Crippen molar-refractivity contribution in [2.24, 2.45) is 5.92 Å². The number of aliphatic carboxylic acids is 1. The summed E-state index contributed by atoms with van der Waals surface area (Å²) < 4.78 is 0. The molecular formula is C11H20N2O3. The molecule has 0 spiro atoms. The average molecular weight is 228 g/mol. The smallest absolute Gasteiger partial charge is 0.315 e. The first-order valence-electron chi connectivity index (χ1n) is 5.72. The number of hydrogen-bond donors (Lipinski definition) is 1. The predicted molar refractivity (Wildman–Crippen MR) is 60.1 cm³/mol. The SMILES string of the molecule is CC(C(=O)O)C(=O)N(C)CCN1CCCC1. The molecule has 0 saturated carbocycles. The molecular weight excluding hydrogens is 208 g/mol. The van der Waals surface area contributed by atoms with Gasteiger partial charge in [0.25, 0.3) is 0 Å². The molecule has 1 heterocycles. The zero-order valence-electron chi connectivity index (χ0n) is 9.98. The number of carbonyl (C=O) groups is 2. The van der Waals surface area contributed by atoms with Crippen LogP contribution in [0, 0.1) is 5.92 Å². The molecule has 1 atom stereocenters. The van der Waals surface area contributed by atoms with Crippen LogP contribution in [0.4, 0.5) is 0 Å². The molecule has 1 unspecified atom stereocenters. The highest BCUT2D eigenvalue weighted by Crippen LogP contribution is 2.07. The van der Waals surface area contributed by atoms with Crippen molar-refractivity contribution >= 4 is 11.9 Å². The van der Waals surface area contributed by atoms with E-state index in [4.69, 9.17) is 5.11 Å². The Balaban J connectivity index is 2.30. The Bertz CT molecular complexity index is 262. The lowest BCUT2D eigenvalue weighted by atomic mass is 10.1. The number of rotatable bonds is 5. The van der Waals surface area contributed by atoms with E-state index in [1.54, 1.807) is 7.05 Å². The maximum Gasteiger partial charge on any atom is 0.315 e. The lowest BCUT2D eigenvalue weighted by Gasteiger charge is -2.22. The lowest BCUT2D eigenvalue weighted by molar-refractivity contribution is -0.149. The van der Waals surface area contributed by atoms with Gasteiger partial charge >= 0.3 is 5.97 Å². The Labute approximate surface area is 96.0 Å². The van der Waals surface area contributed by atoms with Crippen LogP contribution in [0.5, 0.6) is 0 Å². The van der Waals surface area contributed by atoms with Crippen molar-refractivity contribution in [2.45, 2.75) is 19.8 Å². The standard InChI is InChI=1S/C11H20N2O3/c1-9(11(15)16)10(14)12(2)7-8-13-5-3-4-6-13/h9H,3-8H2,1-2H3,(H,15,16). The number of carboxylic acids is 1. The highest BCUT2D eigenvalue weighted by atomic mass is 16.4. The highest BCUT2D eigenvalue weighted by Gasteiger charge is 2.24. The van der Waals surface area contributed by atoms with Gasteiger partial charge in [0, 0.05) is 20.1 Å². The third-order valence-corrected chi connectivity index (χ3v) is 3.07. The van der Waals surface area contributed by atoms with Gasteiger partial charge in [0.05, 0.1) is 0 Å². The van der Waals surface area contributed by atoms with Gasteiger partial charge in [-0.1, -0.05) is 0 Å². The topological polar surface area (TPSA) is 60.9 Å². The van der Waals surface area contributed by atoms with E-state index in [9.17, 15) is 9.59 Å². The van der Waals surface area contributed by atoms with Crippen LogP contribution in [0.15, 0.2) is 0 Å². The number of likely N-dealkylation sites (tertiary alicyclic amines) is 1. The van der Waals surface area contributed by atoms with Gasteiger partial charge in [-0.2, -0.15) is 0 Å². The van der Waals surface area contributed by atoms with E-state index in [1.807, 2.05) is 0 Å². The van der Waals surface area contributed by atoms with Crippen LogP contribution in [0.25, 0.3) is 0 Å². The van der Waals surface area contributed by atoms with Gasteiger partial charge in [-0.05, 0) is 32.9 Å². The Morgan fingerprint density at radius 2 is 1.94 bits per heavy atom. The molecule has 1 saturated heterocycles. The van der Waals surface area contributed by atoms with Crippen molar-refractivity contribution < 1.29 is 14.7 Å². The van der Waals surface area contributed by atoms with Crippen molar-refractivity contribution in [2.75, 3.05) is 33.2 Å². The molecule has 92 valence electrons. The van der Waals surface area contributed by atoms with E-state index in [0.717, 1.165) is 19.6 Å². The third-order valence-electron chi connectivity index (χ3n) is 3.07. The molecule has 0 aromatic rings. The van der Waals surface area contributed by atoms with Gasteiger partial charge in [0.15, 0.2) is 0 Å². The number of carbonyl (C=O) groups excluding carboxylic acids is 1. The van der Waals surface area contributed by atoms with E-state index < -0.39 is 11.9 Å². The Kier molecular flexibility index (Phi) is 4.73. The summed E-state index contributed by atoms with van der Waals surface area (Å²) in [7, 11) is 1.66. The van der Waals surface area contributed by atoms with E-state index in [-0.39, 0.29) is 5.91 Å². The minimum Gasteiger partial charge on any atom is -0.481 e. The molecule has 1 aliphatic rings. The van der Waals surface area contributed by atoms with Crippen molar-refractivity contribution in [3.63, 3.8) is 0 Å². The van der Waals surface area contributed by atoms with Crippen LogP contribution < -0.4 is 0 Å². The van der Waals surface area contributed by atoms with Crippen LogP contribution in [0.2, 0.25) is 0 Å². The van der Waals surface area contributed by atoms with E-state index in [0.29, 0.717) is 6.54 Å². The van der Waals surface area contributed by atoms with E-state index in [2.05, 4.69) is 4.90 Å². The maximum absolute atomic E-state index is 11.6. The fourth-order valence-electron chi connectivity index (χ4n) is 1.84. The molecule has 0 aliphatic carbocycles. The summed E-state index contributed by atoms with van der Waals surface area (Å²) in [6.45, 7) is 5.06. The molecule has 1 aliphatic heterocycles. The monoisotopic (exact) mass is 228 g/mol. The Hall–Kier alpha value is -1.10. The first-order valence-corrected chi connectivity index (χ1v) is 5.72. The first-order chi connectivity index (χ1) is 7.52. The minimum absolute atomic E-state index is 0.313. The molecule has 1 amide bonds. The summed E-state index contributed by atoms with van der Waals surface area (Å²) in [4.78, 5) is 26.1. The average Bonchev–Trinajstić information content (AvgIpc) is 2.76. The van der Waals surface area contributed by atoms with Crippen molar-refractivity contribution in [3.8, 4) is 0 Å². The first kappa shape index (κ1) is 13.0. The number of carboxylic acid groups (broad SMARTS) is 1. The molecule has 1 rings (SSSR count). The minimum atomic E-state index is -1.06. The summed E-state index contributed by atoms with van der Waals surface area (Å²) in [5.41, 5.74) is 0. The molecule has 5 heteroatoms. The highest BCUT2D eigenvalue weighted by molar-refractivity contribution is 5.96. The van der Waals surface area contributed by atoms with Gasteiger partial charge in [-0.25, -0.2) is 0 Å². The summed E-state index contributed by atoms with van der Waals surface area (Å²) in [6.07, 6.45) is 2.45. The maximum atomic E-state index is 11.6. The number of hydrogen-bond acceptors (Lipinski definition) is 3. The molecule has 0 aromatic carbocycles. The number of likely N-dealkylation sites (N-methyl/N-ethyl adjacent to an activating group) is 1. The molecule has 0 aromatic heterocycles. The van der Waals surface area contributed by atoms with Gasteiger partial charge in [-0.15, -0.1) is 0 Å². The van der Waals surface area contributed by atoms with E-state index >= 15 is 0 Å². The van der Waals surface area contributed by atoms with Crippen LogP contribution >= 0.6 is 0 Å². The van der Waals surface area contributed by atoms with Gasteiger partial charge < -0.3 is 14.9 Å². The second kappa shape index (κ2) is 5.84. The summed E-state index contributed by atoms with van der Waals surface area (Å²) >= 11 is 0. The van der Waals surface area contributed by atoms with Crippen molar-refractivity contribution in [1.82, 2.24) is 9.80 Å². The van der Waals surface area contributed by atoms with Crippen LogP contribution in [-0.2, 0) is 9.59 Å².